The number of ether oxygens (including phenoxy) is 4. The minimum Gasteiger partial charge on any atom is -0.445 e. The van der Waals surface area contributed by atoms with Gasteiger partial charge in [0.1, 0.15) is 31.0 Å². The number of nitrogens with one attached hydrogen (secondary N) is 1. The van der Waals surface area contributed by atoms with Crippen molar-refractivity contribution in [1.82, 2.24) is 5.32 Å². The lowest BCUT2D eigenvalue weighted by Gasteiger charge is -2.51. The Morgan fingerprint density at radius 3 is 1.98 bits per heavy atom. The third-order valence-corrected chi connectivity index (χ3v) is 13.1. The summed E-state index contributed by atoms with van der Waals surface area (Å²) in [5.41, 5.74) is 0.787. The SMILES string of the molecule is CC(C)(C)[Si](O[C@@H]1O[C@@H]2COC(c3ccccc3)O[C@H]2[C@H](O)[C@H]1NC(=O)OCC(Cl)(Cl)Cl)(c1ccccc1)c1ccccc1. The molecule has 1 unspecified atom stereocenters. The van der Waals surface area contributed by atoms with Crippen molar-refractivity contribution in [3.05, 3.63) is 96.6 Å². The van der Waals surface area contributed by atoms with E-state index in [0.717, 1.165) is 15.9 Å². The van der Waals surface area contributed by atoms with Crippen LogP contribution in [0.4, 0.5) is 4.79 Å². The van der Waals surface area contributed by atoms with Crippen LogP contribution in [0.2, 0.25) is 5.04 Å². The minimum atomic E-state index is -3.20. The van der Waals surface area contributed by atoms with E-state index in [2.05, 4.69) is 26.1 Å². The van der Waals surface area contributed by atoms with Gasteiger partial charge in [0.05, 0.1) is 6.61 Å². The molecule has 236 valence electrons. The first kappa shape index (κ1) is 33.2. The number of halogens is 3. The van der Waals surface area contributed by atoms with Crippen LogP contribution in [-0.4, -0.2) is 67.2 Å². The Labute approximate surface area is 273 Å². The lowest BCUT2D eigenvalue weighted by atomic mass is 9.96. The number of fused-ring (bicyclic) bond motifs is 1. The van der Waals surface area contributed by atoms with E-state index < -0.39 is 66.8 Å². The highest BCUT2D eigenvalue weighted by atomic mass is 35.6. The largest absolute Gasteiger partial charge is 0.445 e. The Morgan fingerprint density at radius 2 is 1.45 bits per heavy atom. The summed E-state index contributed by atoms with van der Waals surface area (Å²) in [6.07, 6.45) is -5.59. The molecule has 0 saturated carbocycles. The van der Waals surface area contributed by atoms with Crippen molar-refractivity contribution in [1.29, 1.82) is 0 Å². The van der Waals surface area contributed by atoms with Crippen molar-refractivity contribution in [2.24, 2.45) is 0 Å². The molecule has 0 bridgehead atoms. The third kappa shape index (κ3) is 7.27. The van der Waals surface area contributed by atoms with E-state index in [1.807, 2.05) is 91.0 Å². The van der Waals surface area contributed by atoms with Gasteiger partial charge < -0.3 is 33.8 Å². The number of alkyl halides is 3. The summed E-state index contributed by atoms with van der Waals surface area (Å²) in [7, 11) is -3.20. The maximum atomic E-state index is 13.0. The maximum absolute atomic E-state index is 13.0. The van der Waals surface area contributed by atoms with E-state index in [-0.39, 0.29) is 6.61 Å². The van der Waals surface area contributed by atoms with E-state index >= 15 is 0 Å². The van der Waals surface area contributed by atoms with E-state index in [1.165, 1.54) is 0 Å². The van der Waals surface area contributed by atoms with Gasteiger partial charge in [0.2, 0.25) is 3.79 Å². The van der Waals surface area contributed by atoms with Crippen LogP contribution >= 0.6 is 34.8 Å². The summed E-state index contributed by atoms with van der Waals surface area (Å²) in [6, 6.07) is 28.2. The third-order valence-electron chi connectivity index (χ3n) is 7.80. The predicted octanol–water partition coefficient (Wildman–Crippen LogP) is 5.23. The fourth-order valence-electron chi connectivity index (χ4n) is 5.82. The number of aliphatic hydroxyl groups excluding tert-OH is 1. The van der Waals surface area contributed by atoms with E-state index in [0.29, 0.717) is 0 Å². The van der Waals surface area contributed by atoms with Crippen LogP contribution in [0.3, 0.4) is 0 Å². The molecular formula is C32H36Cl3NO7Si. The molecule has 0 aromatic heterocycles. The number of aliphatic hydroxyl groups is 1. The summed E-state index contributed by atoms with van der Waals surface area (Å²) in [6.45, 7) is 6.00. The van der Waals surface area contributed by atoms with Crippen LogP contribution in [0, 0.1) is 0 Å². The van der Waals surface area contributed by atoms with Crippen molar-refractivity contribution in [2.75, 3.05) is 13.2 Å². The molecule has 2 heterocycles. The summed E-state index contributed by atoms with van der Waals surface area (Å²) in [4.78, 5) is 13.0. The first-order valence-electron chi connectivity index (χ1n) is 14.3. The Bertz CT molecular complexity index is 1340. The second-order valence-electron chi connectivity index (χ2n) is 11.9. The van der Waals surface area contributed by atoms with Crippen LogP contribution < -0.4 is 15.7 Å². The molecule has 0 radical (unpaired) electrons. The van der Waals surface area contributed by atoms with Crippen molar-refractivity contribution in [2.45, 2.75) is 66.5 Å². The number of carbonyl (C=O) groups excluding carboxylic acids is 1. The average Bonchev–Trinajstić information content (AvgIpc) is 3.01. The number of hydrogen-bond donors (Lipinski definition) is 2. The number of rotatable bonds is 7. The van der Waals surface area contributed by atoms with Crippen LogP contribution in [-0.2, 0) is 23.4 Å². The van der Waals surface area contributed by atoms with Gasteiger partial charge in [0, 0.05) is 5.56 Å². The lowest BCUT2D eigenvalue weighted by Crippen LogP contribution is -2.73. The van der Waals surface area contributed by atoms with Crippen molar-refractivity contribution >= 4 is 59.6 Å². The Balaban J connectivity index is 1.53. The molecule has 8 nitrogen and oxygen atoms in total. The molecule has 3 aromatic rings. The molecule has 0 spiro atoms. The van der Waals surface area contributed by atoms with Gasteiger partial charge in [-0.1, -0.05) is 147 Å². The smallest absolute Gasteiger partial charge is 0.407 e. The first-order valence-corrected chi connectivity index (χ1v) is 17.4. The topological polar surface area (TPSA) is 95.5 Å². The van der Waals surface area contributed by atoms with E-state index in [1.54, 1.807) is 0 Å². The molecule has 6 atom stereocenters. The van der Waals surface area contributed by atoms with Gasteiger partial charge in [-0.05, 0) is 15.4 Å². The summed E-state index contributed by atoms with van der Waals surface area (Å²) < 4.78 is 29.4. The number of benzene rings is 3. The summed E-state index contributed by atoms with van der Waals surface area (Å²) >= 11 is 17.4. The standard InChI is InChI=1S/C32H36Cl3NO7Si/c1-31(2,3)44(22-15-9-5-10-16-22,23-17-11-6-12-18-23)43-29-25(36-30(38)40-20-32(33,34)35)26(37)27-24(41-29)19-39-28(42-27)21-13-7-4-8-14-21/h4-18,24-29,37H,19-20H2,1-3H3,(H,36,38)/t24-,25-,26-,27-,28?,29+/m1/s1. The van der Waals surface area contributed by atoms with Crippen molar-refractivity contribution in [3.63, 3.8) is 0 Å². The minimum absolute atomic E-state index is 0.131. The van der Waals surface area contributed by atoms with Crippen molar-refractivity contribution < 1.29 is 33.3 Å². The Kier molecular flexibility index (Phi) is 10.3. The van der Waals surface area contributed by atoms with Crippen LogP contribution in [0.5, 0.6) is 0 Å². The van der Waals surface area contributed by atoms with Crippen LogP contribution in [0.15, 0.2) is 91.0 Å². The molecule has 44 heavy (non-hydrogen) atoms. The molecule has 5 rings (SSSR count). The highest BCUT2D eigenvalue weighted by Crippen LogP contribution is 2.41. The summed E-state index contributed by atoms with van der Waals surface area (Å²) in [5, 5.41) is 16.1. The van der Waals surface area contributed by atoms with Gasteiger partial charge in [-0.2, -0.15) is 0 Å². The first-order chi connectivity index (χ1) is 20.9. The van der Waals surface area contributed by atoms with Gasteiger partial charge >= 0.3 is 6.09 Å². The Morgan fingerprint density at radius 1 is 0.909 bits per heavy atom. The second-order valence-corrected chi connectivity index (χ2v) is 18.6. The predicted molar refractivity (Wildman–Crippen MR) is 172 cm³/mol. The molecule has 2 N–H and O–H groups in total. The molecular weight excluding hydrogens is 645 g/mol. The lowest BCUT2D eigenvalue weighted by molar-refractivity contribution is -0.334. The molecule has 2 saturated heterocycles. The van der Waals surface area contributed by atoms with Crippen LogP contribution in [0.1, 0.15) is 32.6 Å². The molecule has 0 aliphatic carbocycles. The van der Waals surface area contributed by atoms with Gasteiger partial charge in [-0.15, -0.1) is 0 Å². The number of amides is 1. The fraction of sp³-hybridized carbons (Fsp3) is 0.406. The molecule has 2 aliphatic rings. The van der Waals surface area contributed by atoms with Gasteiger partial charge in [-0.25, -0.2) is 4.79 Å². The highest BCUT2D eigenvalue weighted by molar-refractivity contribution is 6.99. The average molecular weight is 681 g/mol. The molecule has 3 aromatic carbocycles. The zero-order valence-electron chi connectivity index (χ0n) is 24.6. The second kappa shape index (κ2) is 13.7. The molecule has 2 fully saturated rings. The van der Waals surface area contributed by atoms with Crippen LogP contribution in [0.25, 0.3) is 0 Å². The molecule has 2 aliphatic heterocycles. The zero-order chi connectivity index (χ0) is 31.5. The molecule has 12 heteroatoms. The quantitative estimate of drug-likeness (QED) is 0.261. The normalized spacial score (nSPS) is 26.0. The fourth-order valence-corrected chi connectivity index (χ4v) is 10.5. The van der Waals surface area contributed by atoms with Crippen molar-refractivity contribution in [3.8, 4) is 0 Å². The van der Waals surface area contributed by atoms with Gasteiger partial charge in [0.25, 0.3) is 8.32 Å². The van der Waals surface area contributed by atoms with E-state index in [9.17, 15) is 9.90 Å². The maximum Gasteiger partial charge on any atom is 0.407 e. The molecule has 1 amide bonds. The number of hydrogen-bond acceptors (Lipinski definition) is 7. The monoisotopic (exact) mass is 679 g/mol. The van der Waals surface area contributed by atoms with E-state index in [4.69, 9.17) is 58.2 Å². The zero-order valence-corrected chi connectivity index (χ0v) is 27.8. The highest BCUT2D eigenvalue weighted by Gasteiger charge is 2.57. The number of carbonyl (C=O) groups is 1. The summed E-state index contributed by atoms with van der Waals surface area (Å²) in [5.74, 6) is 0. The van der Waals surface area contributed by atoms with Gasteiger partial charge in [0.15, 0.2) is 12.6 Å². The Hall–Kier alpha value is -2.18. The van der Waals surface area contributed by atoms with Gasteiger partial charge in [-0.3, -0.25) is 0 Å². The number of alkyl carbamates (subject to hydrolysis) is 1.